The fourth-order valence-corrected chi connectivity index (χ4v) is 1.88. The first-order valence-electron chi connectivity index (χ1n) is 7.05. The maximum atomic E-state index is 12.1. The van der Waals surface area contributed by atoms with Gasteiger partial charge in [-0.2, -0.15) is 5.26 Å². The zero-order valence-corrected chi connectivity index (χ0v) is 12.8. The number of benzene rings is 2. The predicted molar refractivity (Wildman–Crippen MR) is 83.1 cm³/mol. The van der Waals surface area contributed by atoms with Crippen LogP contribution in [-0.4, -0.2) is 12.3 Å². The summed E-state index contributed by atoms with van der Waals surface area (Å²) < 4.78 is 44.9. The van der Waals surface area contributed by atoms with Gasteiger partial charge in [-0.05, 0) is 41.5 Å². The highest BCUT2D eigenvalue weighted by atomic mass is 19.4. The second kappa shape index (κ2) is 8.02. The molecule has 0 saturated heterocycles. The van der Waals surface area contributed by atoms with Crippen molar-refractivity contribution in [2.24, 2.45) is 0 Å². The van der Waals surface area contributed by atoms with Crippen LogP contribution in [-0.2, 0) is 16.1 Å². The van der Waals surface area contributed by atoms with Crippen molar-refractivity contribution in [3.05, 3.63) is 71.3 Å². The number of nitrogens with zero attached hydrogens (tertiary/aromatic N) is 1. The van der Waals surface area contributed by atoms with Gasteiger partial charge in [-0.3, -0.25) is 0 Å². The number of hydrogen-bond acceptors (Lipinski definition) is 4. The lowest BCUT2D eigenvalue weighted by Gasteiger charge is -2.08. The van der Waals surface area contributed by atoms with Crippen molar-refractivity contribution in [2.45, 2.75) is 13.0 Å². The van der Waals surface area contributed by atoms with Crippen molar-refractivity contribution >= 4 is 12.0 Å². The van der Waals surface area contributed by atoms with E-state index in [1.165, 1.54) is 18.2 Å². The Balaban J connectivity index is 1.88. The fraction of sp³-hybridized carbons (Fsp3) is 0.111. The number of halogens is 3. The quantitative estimate of drug-likeness (QED) is 0.600. The van der Waals surface area contributed by atoms with Crippen LogP contribution in [0.2, 0.25) is 0 Å². The summed E-state index contributed by atoms with van der Waals surface area (Å²) in [6, 6.07) is 13.7. The summed E-state index contributed by atoms with van der Waals surface area (Å²) in [7, 11) is 0. The molecule has 0 aliphatic rings. The van der Waals surface area contributed by atoms with E-state index < -0.39 is 12.3 Å². The van der Waals surface area contributed by atoms with Crippen LogP contribution in [0.25, 0.3) is 6.08 Å². The van der Waals surface area contributed by atoms with Crippen molar-refractivity contribution in [3.8, 4) is 11.8 Å². The minimum absolute atomic E-state index is 0.0110. The van der Waals surface area contributed by atoms with E-state index in [4.69, 9.17) is 10.00 Å². The average molecular weight is 347 g/mol. The van der Waals surface area contributed by atoms with Crippen LogP contribution < -0.4 is 4.74 Å². The molecule has 2 aromatic carbocycles. The molecule has 0 N–H and O–H groups in total. The van der Waals surface area contributed by atoms with E-state index in [2.05, 4.69) is 4.74 Å². The van der Waals surface area contributed by atoms with Crippen LogP contribution in [0, 0.1) is 11.3 Å². The van der Waals surface area contributed by atoms with Crippen molar-refractivity contribution in [1.29, 1.82) is 5.26 Å². The minimum Gasteiger partial charge on any atom is -0.458 e. The molecule has 4 nitrogen and oxygen atoms in total. The van der Waals surface area contributed by atoms with E-state index in [-0.39, 0.29) is 12.4 Å². The Labute approximate surface area is 141 Å². The van der Waals surface area contributed by atoms with Gasteiger partial charge in [-0.25, -0.2) is 4.79 Å². The molecule has 0 radical (unpaired) electrons. The molecule has 0 aliphatic heterocycles. The standard InChI is InChI=1S/C18H12F3NO3/c19-18(20,21)25-16-7-4-13(5-8-16)6-9-17(23)24-12-15-3-1-2-14(10-15)11-22/h1-10H,12H2. The van der Waals surface area contributed by atoms with Gasteiger partial charge < -0.3 is 9.47 Å². The summed E-state index contributed by atoms with van der Waals surface area (Å²) in [6.45, 7) is 0.0110. The molecule has 25 heavy (non-hydrogen) atoms. The molecule has 0 heterocycles. The molecule has 0 atom stereocenters. The molecule has 0 fully saturated rings. The summed E-state index contributed by atoms with van der Waals surface area (Å²) in [4.78, 5) is 11.7. The third kappa shape index (κ3) is 6.39. The smallest absolute Gasteiger partial charge is 0.458 e. The maximum absolute atomic E-state index is 12.1. The molecule has 2 rings (SSSR count). The molecule has 0 aromatic heterocycles. The summed E-state index contributed by atoms with van der Waals surface area (Å²) in [5.41, 5.74) is 1.65. The first kappa shape index (κ1) is 18.1. The molecule has 0 saturated carbocycles. The Bertz CT molecular complexity index is 806. The van der Waals surface area contributed by atoms with Gasteiger partial charge in [0, 0.05) is 6.08 Å². The Morgan fingerprint density at radius 2 is 1.88 bits per heavy atom. The van der Waals surface area contributed by atoms with Crippen molar-refractivity contribution < 1.29 is 27.4 Å². The molecular weight excluding hydrogens is 335 g/mol. The first-order valence-corrected chi connectivity index (χ1v) is 7.05. The van der Waals surface area contributed by atoms with Gasteiger partial charge >= 0.3 is 12.3 Å². The highest BCUT2D eigenvalue weighted by molar-refractivity contribution is 5.87. The van der Waals surface area contributed by atoms with E-state index in [0.29, 0.717) is 16.7 Å². The van der Waals surface area contributed by atoms with Gasteiger partial charge in [-0.1, -0.05) is 24.3 Å². The van der Waals surface area contributed by atoms with Gasteiger partial charge in [-0.15, -0.1) is 13.2 Å². The van der Waals surface area contributed by atoms with E-state index in [1.54, 1.807) is 24.3 Å². The van der Waals surface area contributed by atoms with Gasteiger partial charge in [0.15, 0.2) is 0 Å². The first-order chi connectivity index (χ1) is 11.9. The number of carbonyl (C=O) groups excluding carboxylic acids is 1. The highest BCUT2D eigenvalue weighted by Crippen LogP contribution is 2.23. The molecule has 0 unspecified atom stereocenters. The largest absolute Gasteiger partial charge is 0.573 e. The zero-order chi connectivity index (χ0) is 18.3. The lowest BCUT2D eigenvalue weighted by molar-refractivity contribution is -0.274. The Morgan fingerprint density at radius 3 is 2.52 bits per heavy atom. The van der Waals surface area contributed by atoms with E-state index in [0.717, 1.165) is 18.2 Å². The molecule has 0 spiro atoms. The van der Waals surface area contributed by atoms with Crippen molar-refractivity contribution in [3.63, 3.8) is 0 Å². The number of alkyl halides is 3. The average Bonchev–Trinajstić information content (AvgIpc) is 2.58. The normalized spacial score (nSPS) is 11.1. The molecule has 0 amide bonds. The van der Waals surface area contributed by atoms with Crippen LogP contribution >= 0.6 is 0 Å². The van der Waals surface area contributed by atoms with Crippen LogP contribution in [0.15, 0.2) is 54.6 Å². The number of carbonyl (C=O) groups is 1. The number of nitriles is 1. The van der Waals surface area contributed by atoms with Crippen molar-refractivity contribution in [2.75, 3.05) is 0 Å². The minimum atomic E-state index is -4.75. The predicted octanol–water partition coefficient (Wildman–Crippen LogP) is 4.21. The lowest BCUT2D eigenvalue weighted by Crippen LogP contribution is -2.16. The van der Waals surface area contributed by atoms with Gasteiger partial charge in [0.2, 0.25) is 0 Å². The van der Waals surface area contributed by atoms with Crippen LogP contribution in [0.5, 0.6) is 5.75 Å². The number of hydrogen-bond donors (Lipinski definition) is 0. The molecular formula is C18H12F3NO3. The third-order valence-electron chi connectivity index (χ3n) is 2.96. The zero-order valence-electron chi connectivity index (χ0n) is 12.8. The Hall–Kier alpha value is -3.27. The molecule has 128 valence electrons. The van der Waals surface area contributed by atoms with Crippen LogP contribution in [0.1, 0.15) is 16.7 Å². The van der Waals surface area contributed by atoms with E-state index in [1.807, 2.05) is 6.07 Å². The summed E-state index contributed by atoms with van der Waals surface area (Å²) in [5.74, 6) is -0.956. The van der Waals surface area contributed by atoms with Gasteiger partial charge in [0.1, 0.15) is 12.4 Å². The number of rotatable bonds is 5. The van der Waals surface area contributed by atoms with Crippen molar-refractivity contribution in [1.82, 2.24) is 0 Å². The molecule has 7 heteroatoms. The Morgan fingerprint density at radius 1 is 1.16 bits per heavy atom. The van der Waals surface area contributed by atoms with Crippen LogP contribution in [0.3, 0.4) is 0 Å². The number of ether oxygens (including phenoxy) is 2. The topological polar surface area (TPSA) is 59.3 Å². The summed E-state index contributed by atoms with van der Waals surface area (Å²) in [5, 5.41) is 8.79. The summed E-state index contributed by atoms with van der Waals surface area (Å²) in [6.07, 6.45) is -2.18. The van der Waals surface area contributed by atoms with Crippen LogP contribution in [0.4, 0.5) is 13.2 Å². The third-order valence-corrected chi connectivity index (χ3v) is 2.96. The monoisotopic (exact) mass is 347 g/mol. The molecule has 2 aromatic rings. The summed E-state index contributed by atoms with van der Waals surface area (Å²) >= 11 is 0. The number of esters is 1. The van der Waals surface area contributed by atoms with E-state index >= 15 is 0 Å². The molecule has 0 bridgehead atoms. The second-order valence-electron chi connectivity index (χ2n) is 4.87. The van der Waals surface area contributed by atoms with E-state index in [9.17, 15) is 18.0 Å². The Kier molecular flexibility index (Phi) is 5.79. The van der Waals surface area contributed by atoms with Gasteiger partial charge in [0.05, 0.1) is 11.6 Å². The fourth-order valence-electron chi connectivity index (χ4n) is 1.88. The lowest BCUT2D eigenvalue weighted by atomic mass is 10.1. The second-order valence-corrected chi connectivity index (χ2v) is 4.87. The molecule has 0 aliphatic carbocycles. The van der Waals surface area contributed by atoms with Gasteiger partial charge in [0.25, 0.3) is 0 Å². The SMILES string of the molecule is N#Cc1cccc(COC(=O)C=Cc2ccc(OC(F)(F)F)cc2)c1. The maximum Gasteiger partial charge on any atom is 0.573 e. The highest BCUT2D eigenvalue weighted by Gasteiger charge is 2.30.